The fourth-order valence-electron chi connectivity index (χ4n) is 2.25. The number of anilines is 1. The third-order valence-electron chi connectivity index (χ3n) is 3.15. The molecule has 0 aliphatic carbocycles. The molecule has 0 saturated heterocycles. The molecule has 0 fully saturated rings. The molecular formula is C15H14Cl2N4. The Kier molecular flexibility index (Phi) is 3.74. The summed E-state index contributed by atoms with van der Waals surface area (Å²) in [7, 11) is 0. The van der Waals surface area contributed by atoms with Crippen LogP contribution in [-0.4, -0.2) is 14.4 Å². The van der Waals surface area contributed by atoms with E-state index in [1.54, 1.807) is 6.07 Å². The number of nitrogens with zero attached hydrogens (tertiary/aromatic N) is 3. The topological polar surface area (TPSA) is 42.2 Å². The number of nitrogens with one attached hydrogen (secondary N) is 1. The van der Waals surface area contributed by atoms with Crippen LogP contribution >= 0.6 is 23.2 Å². The Morgan fingerprint density at radius 2 is 1.76 bits per heavy atom. The Hall–Kier alpha value is -1.78. The monoisotopic (exact) mass is 320 g/mol. The lowest BCUT2D eigenvalue weighted by Gasteiger charge is -2.05. The molecule has 4 nitrogen and oxygen atoms in total. The molecule has 21 heavy (non-hydrogen) atoms. The lowest BCUT2D eigenvalue weighted by Crippen LogP contribution is -1.99. The largest absolute Gasteiger partial charge is 0.379 e. The van der Waals surface area contributed by atoms with E-state index >= 15 is 0 Å². The summed E-state index contributed by atoms with van der Waals surface area (Å²) in [6.45, 7) is 4.59. The highest BCUT2D eigenvalue weighted by molar-refractivity contribution is 6.35. The second-order valence-electron chi connectivity index (χ2n) is 4.95. The molecule has 0 bridgehead atoms. The van der Waals surface area contributed by atoms with Gasteiger partial charge < -0.3 is 5.32 Å². The van der Waals surface area contributed by atoms with Crippen molar-refractivity contribution in [1.82, 2.24) is 14.4 Å². The van der Waals surface area contributed by atoms with Gasteiger partial charge in [-0.2, -0.15) is 0 Å². The Bertz CT molecular complexity index is 791. The van der Waals surface area contributed by atoms with Gasteiger partial charge in [-0.15, -0.1) is 0 Å². The predicted octanol–water partition coefficient (Wildman–Crippen LogP) is 4.27. The van der Waals surface area contributed by atoms with Crippen LogP contribution in [0, 0.1) is 13.8 Å². The average Bonchev–Trinajstić information content (AvgIpc) is 2.78. The summed E-state index contributed by atoms with van der Waals surface area (Å²) in [6, 6.07) is 7.39. The zero-order valence-electron chi connectivity index (χ0n) is 11.7. The van der Waals surface area contributed by atoms with Crippen LogP contribution in [0.3, 0.4) is 0 Å². The molecule has 3 rings (SSSR count). The molecule has 2 aromatic heterocycles. The summed E-state index contributed by atoms with van der Waals surface area (Å²) >= 11 is 12.0. The van der Waals surface area contributed by atoms with E-state index in [0.29, 0.717) is 22.4 Å². The van der Waals surface area contributed by atoms with E-state index in [2.05, 4.69) is 15.3 Å². The summed E-state index contributed by atoms with van der Waals surface area (Å²) in [5.74, 6) is 0.716. The van der Waals surface area contributed by atoms with Crippen molar-refractivity contribution in [1.29, 1.82) is 0 Å². The second kappa shape index (κ2) is 5.54. The number of benzene rings is 1. The fourth-order valence-corrected chi connectivity index (χ4v) is 2.78. The van der Waals surface area contributed by atoms with Gasteiger partial charge in [0.2, 0.25) is 5.78 Å². The van der Waals surface area contributed by atoms with Crippen molar-refractivity contribution in [2.75, 3.05) is 5.32 Å². The Morgan fingerprint density at radius 3 is 2.48 bits per heavy atom. The van der Waals surface area contributed by atoms with Crippen molar-refractivity contribution in [3.05, 3.63) is 57.6 Å². The first-order valence-electron chi connectivity index (χ1n) is 6.53. The molecule has 0 aliphatic heterocycles. The fraction of sp³-hybridized carbons (Fsp3) is 0.200. The summed E-state index contributed by atoms with van der Waals surface area (Å²) < 4.78 is 1.98. The molecule has 1 aromatic carbocycles. The van der Waals surface area contributed by atoms with Crippen LogP contribution in [0.2, 0.25) is 10.0 Å². The number of aryl methyl sites for hydroxylation is 2. The van der Waals surface area contributed by atoms with Crippen molar-refractivity contribution in [2.45, 2.75) is 20.4 Å². The molecule has 0 atom stereocenters. The Labute approximate surface area is 132 Å². The highest BCUT2D eigenvalue weighted by atomic mass is 35.5. The van der Waals surface area contributed by atoms with Crippen LogP contribution in [0.1, 0.15) is 17.1 Å². The molecule has 0 radical (unpaired) electrons. The van der Waals surface area contributed by atoms with Gasteiger partial charge in [0.25, 0.3) is 0 Å². The number of aromatic nitrogens is 3. The zero-order valence-corrected chi connectivity index (χ0v) is 13.2. The first kappa shape index (κ1) is 14.2. The molecule has 3 aromatic rings. The minimum Gasteiger partial charge on any atom is -0.379 e. The SMILES string of the molecule is Cc1cc(C)n2cc(CNc3cc(Cl)cc(Cl)c3)nc2n1. The highest BCUT2D eigenvalue weighted by Crippen LogP contribution is 2.22. The second-order valence-corrected chi connectivity index (χ2v) is 5.83. The van der Waals surface area contributed by atoms with Crippen LogP contribution in [0.25, 0.3) is 5.78 Å². The minimum atomic E-state index is 0.582. The third kappa shape index (κ3) is 3.12. The van der Waals surface area contributed by atoms with Gasteiger partial charge in [-0.1, -0.05) is 23.2 Å². The van der Waals surface area contributed by atoms with E-state index in [1.165, 1.54) is 0 Å². The van der Waals surface area contributed by atoms with Crippen molar-refractivity contribution in [3.8, 4) is 0 Å². The molecule has 1 N–H and O–H groups in total. The summed E-state index contributed by atoms with van der Waals surface area (Å²) in [4.78, 5) is 8.94. The summed E-state index contributed by atoms with van der Waals surface area (Å²) in [6.07, 6.45) is 1.98. The summed E-state index contributed by atoms with van der Waals surface area (Å²) in [5.41, 5.74) is 3.85. The van der Waals surface area contributed by atoms with Gasteiger partial charge in [0.15, 0.2) is 0 Å². The highest BCUT2D eigenvalue weighted by Gasteiger charge is 2.06. The van der Waals surface area contributed by atoms with Gasteiger partial charge in [0.05, 0.1) is 12.2 Å². The quantitative estimate of drug-likeness (QED) is 0.783. The van der Waals surface area contributed by atoms with E-state index in [1.807, 2.05) is 42.6 Å². The number of hydrogen-bond donors (Lipinski definition) is 1. The molecule has 0 aliphatic rings. The summed E-state index contributed by atoms with van der Waals surface area (Å²) in [5, 5.41) is 4.47. The Balaban J connectivity index is 1.83. The molecule has 0 saturated carbocycles. The smallest absolute Gasteiger partial charge is 0.234 e. The van der Waals surface area contributed by atoms with Crippen molar-refractivity contribution in [2.24, 2.45) is 0 Å². The van der Waals surface area contributed by atoms with Crippen molar-refractivity contribution >= 4 is 34.7 Å². The third-order valence-corrected chi connectivity index (χ3v) is 3.58. The van der Waals surface area contributed by atoms with Crippen LogP contribution in [0.15, 0.2) is 30.5 Å². The van der Waals surface area contributed by atoms with E-state index in [0.717, 1.165) is 22.8 Å². The number of imidazole rings is 1. The van der Waals surface area contributed by atoms with Crippen LogP contribution in [-0.2, 0) is 6.54 Å². The van der Waals surface area contributed by atoms with E-state index < -0.39 is 0 Å². The molecule has 0 unspecified atom stereocenters. The lowest BCUT2D eigenvalue weighted by molar-refractivity contribution is 1.01. The molecule has 6 heteroatoms. The zero-order chi connectivity index (χ0) is 15.0. The van der Waals surface area contributed by atoms with E-state index in [4.69, 9.17) is 23.2 Å². The van der Waals surface area contributed by atoms with Crippen LogP contribution in [0.4, 0.5) is 5.69 Å². The van der Waals surface area contributed by atoms with Gasteiger partial charge in [-0.3, -0.25) is 4.40 Å². The number of hydrogen-bond acceptors (Lipinski definition) is 3. The molecule has 2 heterocycles. The molecular weight excluding hydrogens is 307 g/mol. The molecule has 0 amide bonds. The average molecular weight is 321 g/mol. The van der Waals surface area contributed by atoms with Crippen molar-refractivity contribution in [3.63, 3.8) is 0 Å². The number of rotatable bonds is 3. The van der Waals surface area contributed by atoms with Gasteiger partial charge in [-0.25, -0.2) is 9.97 Å². The van der Waals surface area contributed by atoms with Crippen LogP contribution < -0.4 is 5.32 Å². The van der Waals surface area contributed by atoms with E-state index in [-0.39, 0.29) is 0 Å². The van der Waals surface area contributed by atoms with Gasteiger partial charge in [0.1, 0.15) is 0 Å². The van der Waals surface area contributed by atoms with Gasteiger partial charge in [0, 0.05) is 33.3 Å². The molecule has 0 spiro atoms. The molecule has 108 valence electrons. The van der Waals surface area contributed by atoms with Crippen LogP contribution in [0.5, 0.6) is 0 Å². The van der Waals surface area contributed by atoms with E-state index in [9.17, 15) is 0 Å². The first-order chi connectivity index (χ1) is 10.0. The minimum absolute atomic E-state index is 0.582. The maximum absolute atomic E-state index is 5.98. The maximum Gasteiger partial charge on any atom is 0.234 e. The van der Waals surface area contributed by atoms with Gasteiger partial charge in [-0.05, 0) is 38.1 Å². The lowest BCUT2D eigenvalue weighted by atomic mass is 10.3. The van der Waals surface area contributed by atoms with Crippen molar-refractivity contribution < 1.29 is 0 Å². The standard InChI is InChI=1S/C15H14Cl2N4/c1-9-3-10(2)21-8-14(20-15(21)19-9)7-18-13-5-11(16)4-12(17)6-13/h3-6,8,18H,7H2,1-2H3. The number of halogens is 2. The number of fused-ring (bicyclic) bond motifs is 1. The normalized spacial score (nSPS) is 11.0. The Morgan fingerprint density at radius 1 is 1.05 bits per heavy atom. The predicted molar refractivity (Wildman–Crippen MR) is 86.2 cm³/mol. The maximum atomic E-state index is 5.98. The first-order valence-corrected chi connectivity index (χ1v) is 7.29. The van der Waals surface area contributed by atoms with Gasteiger partial charge >= 0.3 is 0 Å².